The summed E-state index contributed by atoms with van der Waals surface area (Å²) in [6.07, 6.45) is 5.27. The lowest BCUT2D eigenvalue weighted by molar-refractivity contribution is 0.219. The lowest BCUT2D eigenvalue weighted by Gasteiger charge is -2.31. The molecule has 0 aliphatic rings. The highest BCUT2D eigenvalue weighted by molar-refractivity contribution is 7.91. The van der Waals surface area contributed by atoms with Gasteiger partial charge in [0.25, 0.3) is 0 Å². The Balaban J connectivity index is 2.03. The molecule has 0 spiro atoms. The summed E-state index contributed by atoms with van der Waals surface area (Å²) < 4.78 is 25.6. The second-order valence-electron chi connectivity index (χ2n) is 7.20. The van der Waals surface area contributed by atoms with Crippen molar-refractivity contribution in [2.75, 3.05) is 11.1 Å². The fourth-order valence-corrected chi connectivity index (χ4v) is 3.26. The van der Waals surface area contributed by atoms with Crippen molar-refractivity contribution in [2.24, 2.45) is 5.41 Å². The van der Waals surface area contributed by atoms with Crippen LogP contribution in [0.5, 0.6) is 0 Å². The first-order valence-corrected chi connectivity index (χ1v) is 10.1. The van der Waals surface area contributed by atoms with Gasteiger partial charge in [0.05, 0.1) is 23.0 Å². The van der Waals surface area contributed by atoms with Crippen molar-refractivity contribution in [2.45, 2.75) is 45.2 Å². The Labute approximate surface area is 154 Å². The maximum atomic E-state index is 12.4. The van der Waals surface area contributed by atoms with Crippen LogP contribution in [0.25, 0.3) is 0 Å². The quantitative estimate of drug-likeness (QED) is 0.808. The molecule has 2 aromatic rings. The van der Waals surface area contributed by atoms with Crippen LogP contribution in [-0.4, -0.2) is 35.8 Å². The van der Waals surface area contributed by atoms with Crippen molar-refractivity contribution in [1.29, 1.82) is 0 Å². The van der Waals surface area contributed by atoms with Crippen LogP contribution in [0.15, 0.2) is 47.9 Å². The zero-order chi connectivity index (χ0) is 19.4. The standard InChI is InChI=1S/C18H26N4O3S/c1-5-26(24,25)15-8-6-14(7-9-15)20-17(23)21-16(18(2,3)4)12-22-11-10-19-13-22/h6-11,13,16H,5,12H2,1-4H3,(H2,20,21,23)/t16-/m0/s1. The van der Waals surface area contributed by atoms with Gasteiger partial charge in [0.15, 0.2) is 9.84 Å². The number of anilines is 1. The number of nitrogens with zero attached hydrogens (tertiary/aromatic N) is 2. The molecule has 0 unspecified atom stereocenters. The zero-order valence-electron chi connectivity index (χ0n) is 15.6. The van der Waals surface area contributed by atoms with Gasteiger partial charge in [-0.2, -0.15) is 0 Å². The largest absolute Gasteiger partial charge is 0.335 e. The summed E-state index contributed by atoms with van der Waals surface area (Å²) in [5.41, 5.74) is 0.383. The lowest BCUT2D eigenvalue weighted by atomic mass is 9.86. The fourth-order valence-electron chi connectivity index (χ4n) is 2.38. The summed E-state index contributed by atoms with van der Waals surface area (Å²) in [6.45, 7) is 8.37. The van der Waals surface area contributed by atoms with Gasteiger partial charge >= 0.3 is 6.03 Å². The van der Waals surface area contributed by atoms with E-state index in [0.717, 1.165) is 0 Å². The van der Waals surface area contributed by atoms with Crippen molar-refractivity contribution >= 4 is 21.6 Å². The first-order chi connectivity index (χ1) is 12.1. The molecule has 0 radical (unpaired) electrons. The van der Waals surface area contributed by atoms with Crippen molar-refractivity contribution in [1.82, 2.24) is 14.9 Å². The van der Waals surface area contributed by atoms with Gasteiger partial charge in [0.1, 0.15) is 0 Å². The monoisotopic (exact) mass is 378 g/mol. The van der Waals surface area contributed by atoms with E-state index in [1.54, 1.807) is 31.6 Å². The number of hydrogen-bond donors (Lipinski definition) is 2. The molecule has 142 valence electrons. The summed E-state index contributed by atoms with van der Waals surface area (Å²) in [6, 6.07) is 5.73. The third-order valence-electron chi connectivity index (χ3n) is 4.15. The predicted molar refractivity (Wildman–Crippen MR) is 102 cm³/mol. The van der Waals surface area contributed by atoms with E-state index in [2.05, 4.69) is 36.4 Å². The number of carbonyl (C=O) groups excluding carboxylic acids is 1. The second-order valence-corrected chi connectivity index (χ2v) is 9.48. The van der Waals surface area contributed by atoms with Gasteiger partial charge in [-0.3, -0.25) is 0 Å². The molecule has 8 heteroatoms. The third kappa shape index (κ3) is 5.32. The maximum Gasteiger partial charge on any atom is 0.319 e. The summed E-state index contributed by atoms with van der Waals surface area (Å²) >= 11 is 0. The summed E-state index contributed by atoms with van der Waals surface area (Å²) in [7, 11) is -3.25. The zero-order valence-corrected chi connectivity index (χ0v) is 16.4. The number of imidazole rings is 1. The number of amides is 2. The minimum atomic E-state index is -3.25. The maximum absolute atomic E-state index is 12.4. The Hall–Kier alpha value is -2.35. The molecule has 2 rings (SSSR count). The number of nitrogens with one attached hydrogen (secondary N) is 2. The molecule has 7 nitrogen and oxygen atoms in total. The van der Waals surface area contributed by atoms with Crippen molar-refractivity contribution in [3.05, 3.63) is 43.0 Å². The first kappa shape index (κ1) is 20.0. The highest BCUT2D eigenvalue weighted by Crippen LogP contribution is 2.21. The van der Waals surface area contributed by atoms with Crippen molar-refractivity contribution in [3.63, 3.8) is 0 Å². The topological polar surface area (TPSA) is 93.1 Å². The number of sulfone groups is 1. The van der Waals surface area contributed by atoms with E-state index in [9.17, 15) is 13.2 Å². The number of aromatic nitrogens is 2. The molecule has 0 saturated carbocycles. The Morgan fingerprint density at radius 2 is 1.88 bits per heavy atom. The Bertz CT molecular complexity index is 822. The molecule has 2 amide bonds. The van der Waals surface area contributed by atoms with E-state index in [1.165, 1.54) is 12.1 Å². The number of rotatable bonds is 6. The van der Waals surface area contributed by atoms with Crippen LogP contribution < -0.4 is 10.6 Å². The molecule has 0 bridgehead atoms. The molecule has 0 aliphatic heterocycles. The SMILES string of the molecule is CCS(=O)(=O)c1ccc(NC(=O)N[C@@H](Cn2ccnc2)C(C)(C)C)cc1. The lowest BCUT2D eigenvalue weighted by Crippen LogP contribution is -2.47. The van der Waals surface area contributed by atoms with E-state index in [-0.39, 0.29) is 28.1 Å². The van der Waals surface area contributed by atoms with E-state index in [4.69, 9.17) is 0 Å². The van der Waals surface area contributed by atoms with E-state index in [1.807, 2.05) is 10.8 Å². The minimum Gasteiger partial charge on any atom is -0.335 e. The Morgan fingerprint density at radius 3 is 2.38 bits per heavy atom. The van der Waals surface area contributed by atoms with Crippen LogP contribution in [0.1, 0.15) is 27.7 Å². The van der Waals surface area contributed by atoms with Crippen LogP contribution in [0.2, 0.25) is 0 Å². The Morgan fingerprint density at radius 1 is 1.23 bits per heavy atom. The number of carbonyl (C=O) groups is 1. The van der Waals surface area contributed by atoms with Crippen LogP contribution in [0.3, 0.4) is 0 Å². The summed E-state index contributed by atoms with van der Waals surface area (Å²) in [5, 5.41) is 5.73. The first-order valence-electron chi connectivity index (χ1n) is 8.48. The average Bonchev–Trinajstić information content (AvgIpc) is 3.07. The van der Waals surface area contributed by atoms with Gasteiger partial charge in [-0.05, 0) is 29.7 Å². The van der Waals surface area contributed by atoms with Crippen LogP contribution in [0.4, 0.5) is 10.5 Å². The molecular formula is C18H26N4O3S. The molecular weight excluding hydrogens is 352 g/mol. The van der Waals surface area contributed by atoms with Crippen LogP contribution in [0, 0.1) is 5.41 Å². The minimum absolute atomic E-state index is 0.0434. The molecule has 0 aliphatic carbocycles. The van der Waals surface area contributed by atoms with Gasteiger partial charge in [0, 0.05) is 24.6 Å². The molecule has 1 aromatic carbocycles. The molecule has 1 aromatic heterocycles. The van der Waals surface area contributed by atoms with E-state index in [0.29, 0.717) is 12.2 Å². The van der Waals surface area contributed by atoms with Crippen molar-refractivity contribution in [3.8, 4) is 0 Å². The highest BCUT2D eigenvalue weighted by atomic mass is 32.2. The average molecular weight is 378 g/mol. The third-order valence-corrected chi connectivity index (χ3v) is 5.91. The van der Waals surface area contributed by atoms with E-state index < -0.39 is 9.84 Å². The van der Waals surface area contributed by atoms with Gasteiger partial charge in [-0.25, -0.2) is 18.2 Å². The number of urea groups is 1. The van der Waals surface area contributed by atoms with Crippen LogP contribution in [-0.2, 0) is 16.4 Å². The molecule has 1 atom stereocenters. The molecule has 0 saturated heterocycles. The smallest absolute Gasteiger partial charge is 0.319 e. The molecule has 26 heavy (non-hydrogen) atoms. The molecule has 2 N–H and O–H groups in total. The Kier molecular flexibility index (Phi) is 6.07. The van der Waals surface area contributed by atoms with Gasteiger partial charge < -0.3 is 15.2 Å². The summed E-state index contributed by atoms with van der Waals surface area (Å²) in [4.78, 5) is 16.6. The van der Waals surface area contributed by atoms with Gasteiger partial charge in [-0.15, -0.1) is 0 Å². The molecule has 1 heterocycles. The van der Waals surface area contributed by atoms with Crippen molar-refractivity contribution < 1.29 is 13.2 Å². The number of benzene rings is 1. The second kappa shape index (κ2) is 7.90. The van der Waals surface area contributed by atoms with E-state index >= 15 is 0 Å². The number of hydrogen-bond acceptors (Lipinski definition) is 4. The van der Waals surface area contributed by atoms with Gasteiger partial charge in [-0.1, -0.05) is 27.7 Å². The predicted octanol–water partition coefficient (Wildman–Crippen LogP) is 2.91. The summed E-state index contributed by atoms with van der Waals surface area (Å²) in [5.74, 6) is 0.0434. The fraction of sp³-hybridized carbons (Fsp3) is 0.444. The van der Waals surface area contributed by atoms with Crippen LogP contribution >= 0.6 is 0 Å². The molecule has 0 fully saturated rings. The van der Waals surface area contributed by atoms with Gasteiger partial charge in [0.2, 0.25) is 0 Å². The highest BCUT2D eigenvalue weighted by Gasteiger charge is 2.26. The normalized spacial score (nSPS) is 13.2.